The third-order valence-electron chi connectivity index (χ3n) is 4.79. The molecule has 5 rings (SSSR count). The summed E-state index contributed by atoms with van der Waals surface area (Å²) < 4.78 is 63.6. The minimum Gasteiger partial charge on any atom is -0.395 e. The molecule has 12 heteroatoms. The summed E-state index contributed by atoms with van der Waals surface area (Å²) in [5, 5.41) is 4.67. The van der Waals surface area contributed by atoms with E-state index in [2.05, 4.69) is 24.5 Å². The third kappa shape index (κ3) is 2.66. The molecule has 0 radical (unpaired) electrons. The SMILES string of the molecule is Nc1nc2c3c(ccc2c2nc(CCN4C[C@H](F)[C@@H](F)C4)nn12)OC(F)(F)O3. The Morgan fingerprint density at radius 3 is 2.64 bits per heavy atom. The van der Waals surface area contributed by atoms with Crippen LogP contribution in [0.3, 0.4) is 0 Å². The van der Waals surface area contributed by atoms with Gasteiger partial charge in [0.2, 0.25) is 5.95 Å². The van der Waals surface area contributed by atoms with Crippen LogP contribution in [0.15, 0.2) is 12.1 Å². The van der Waals surface area contributed by atoms with Gasteiger partial charge in [-0.05, 0) is 12.1 Å². The Balaban J connectivity index is 1.50. The fourth-order valence-corrected chi connectivity index (χ4v) is 3.48. The summed E-state index contributed by atoms with van der Waals surface area (Å²) in [6.45, 7) is 0.430. The molecule has 148 valence electrons. The smallest absolute Gasteiger partial charge is 0.395 e. The second-order valence-electron chi connectivity index (χ2n) is 6.73. The van der Waals surface area contributed by atoms with Gasteiger partial charge >= 0.3 is 6.29 Å². The normalized spacial score (nSPS) is 23.9. The second-order valence-corrected chi connectivity index (χ2v) is 6.73. The molecule has 2 aromatic heterocycles. The Morgan fingerprint density at radius 1 is 1.14 bits per heavy atom. The van der Waals surface area contributed by atoms with Crippen molar-refractivity contribution in [1.29, 1.82) is 0 Å². The molecule has 2 aliphatic heterocycles. The first kappa shape index (κ1) is 17.2. The number of nitrogens with two attached hydrogens (primary N) is 1. The van der Waals surface area contributed by atoms with Gasteiger partial charge in [-0.3, -0.25) is 4.90 Å². The zero-order chi connectivity index (χ0) is 19.6. The number of anilines is 1. The van der Waals surface area contributed by atoms with Crippen molar-refractivity contribution in [2.75, 3.05) is 25.4 Å². The molecule has 0 unspecified atom stereocenters. The quantitative estimate of drug-likeness (QED) is 0.672. The molecule has 4 heterocycles. The molecule has 1 fully saturated rings. The first-order valence-electron chi connectivity index (χ1n) is 8.55. The summed E-state index contributed by atoms with van der Waals surface area (Å²) in [5.41, 5.74) is 6.30. The molecule has 0 spiro atoms. The highest BCUT2D eigenvalue weighted by Gasteiger charge is 2.45. The number of hydrogen-bond donors (Lipinski definition) is 1. The van der Waals surface area contributed by atoms with Gasteiger partial charge in [0, 0.05) is 31.4 Å². The summed E-state index contributed by atoms with van der Waals surface area (Å²) in [6, 6.07) is 2.85. The van der Waals surface area contributed by atoms with Gasteiger partial charge < -0.3 is 15.2 Å². The number of hydrogen-bond acceptors (Lipinski definition) is 7. The monoisotopic (exact) mass is 398 g/mol. The van der Waals surface area contributed by atoms with E-state index >= 15 is 0 Å². The summed E-state index contributed by atoms with van der Waals surface area (Å²) in [5.74, 6) is -0.0469. The average Bonchev–Trinajstić information content (AvgIpc) is 3.28. The molecule has 0 aliphatic carbocycles. The molecular weight excluding hydrogens is 384 g/mol. The number of nitrogen functional groups attached to an aromatic ring is 1. The van der Waals surface area contributed by atoms with Gasteiger partial charge in [0.05, 0.1) is 0 Å². The Morgan fingerprint density at radius 2 is 1.89 bits per heavy atom. The Kier molecular flexibility index (Phi) is 3.57. The maximum absolute atomic E-state index is 13.4. The van der Waals surface area contributed by atoms with Crippen molar-refractivity contribution < 1.29 is 27.0 Å². The number of ether oxygens (including phenoxy) is 2. The van der Waals surface area contributed by atoms with Gasteiger partial charge in [-0.1, -0.05) is 0 Å². The van der Waals surface area contributed by atoms with E-state index in [1.165, 1.54) is 16.6 Å². The van der Waals surface area contributed by atoms with E-state index < -0.39 is 18.6 Å². The maximum Gasteiger partial charge on any atom is 0.586 e. The van der Waals surface area contributed by atoms with Gasteiger partial charge in [0.1, 0.15) is 17.9 Å². The van der Waals surface area contributed by atoms with Crippen LogP contribution in [0.2, 0.25) is 0 Å². The van der Waals surface area contributed by atoms with Crippen LogP contribution >= 0.6 is 0 Å². The molecule has 0 bridgehead atoms. The molecule has 0 saturated carbocycles. The zero-order valence-corrected chi connectivity index (χ0v) is 14.3. The van der Waals surface area contributed by atoms with E-state index in [-0.39, 0.29) is 36.1 Å². The fraction of sp³-hybridized carbons (Fsp3) is 0.438. The number of nitrogens with zero attached hydrogens (tertiary/aromatic N) is 5. The lowest BCUT2D eigenvalue weighted by Crippen LogP contribution is -2.26. The maximum atomic E-state index is 13.4. The lowest BCUT2D eigenvalue weighted by molar-refractivity contribution is -0.286. The third-order valence-corrected chi connectivity index (χ3v) is 4.79. The number of benzene rings is 1. The summed E-state index contributed by atoms with van der Waals surface area (Å²) in [6.07, 6.45) is -6.42. The van der Waals surface area contributed by atoms with E-state index in [9.17, 15) is 17.6 Å². The van der Waals surface area contributed by atoms with Crippen molar-refractivity contribution in [2.24, 2.45) is 0 Å². The average molecular weight is 398 g/mol. The van der Waals surface area contributed by atoms with Gasteiger partial charge in [-0.15, -0.1) is 13.9 Å². The standard InChI is InChI=1S/C16H14F4N6O2/c17-8-5-25(6-9(8)18)4-3-11-22-14-7-1-2-10-13(28-16(19,20)27-10)12(7)23-15(21)26(14)24-11/h1-2,8-9H,3-6H2,(H2,21,23)/t8-,9-/m0/s1. The predicted octanol–water partition coefficient (Wildman–Crippen LogP) is 1.72. The summed E-state index contributed by atoms with van der Waals surface area (Å²) >= 11 is 0. The molecule has 0 amide bonds. The number of alkyl halides is 4. The van der Waals surface area contributed by atoms with Crippen molar-refractivity contribution in [3.8, 4) is 11.5 Å². The molecule has 2 aliphatic rings. The Labute approximate surface area is 154 Å². The van der Waals surface area contributed by atoms with E-state index in [1.54, 1.807) is 4.90 Å². The van der Waals surface area contributed by atoms with Crippen molar-refractivity contribution >= 4 is 22.5 Å². The van der Waals surface area contributed by atoms with Crippen LogP contribution in [0.5, 0.6) is 11.5 Å². The first-order valence-corrected chi connectivity index (χ1v) is 8.55. The summed E-state index contributed by atoms with van der Waals surface area (Å²) in [4.78, 5) is 10.2. The van der Waals surface area contributed by atoms with Crippen LogP contribution in [0, 0.1) is 0 Å². The molecule has 2 N–H and O–H groups in total. The number of aromatic nitrogens is 4. The number of rotatable bonds is 3. The summed E-state index contributed by atoms with van der Waals surface area (Å²) in [7, 11) is 0. The van der Waals surface area contributed by atoms with Gasteiger partial charge in [-0.2, -0.15) is 4.52 Å². The minimum absolute atomic E-state index is 0.0266. The van der Waals surface area contributed by atoms with Crippen molar-refractivity contribution in [3.05, 3.63) is 18.0 Å². The Bertz CT molecular complexity index is 1080. The molecule has 28 heavy (non-hydrogen) atoms. The second kappa shape index (κ2) is 5.80. The predicted molar refractivity (Wildman–Crippen MR) is 88.8 cm³/mol. The van der Waals surface area contributed by atoms with Gasteiger partial charge in [-0.25, -0.2) is 18.7 Å². The largest absolute Gasteiger partial charge is 0.586 e. The number of fused-ring (bicyclic) bond motifs is 5. The van der Waals surface area contributed by atoms with Crippen molar-refractivity contribution in [1.82, 2.24) is 24.5 Å². The van der Waals surface area contributed by atoms with E-state index in [0.29, 0.717) is 29.8 Å². The fourth-order valence-electron chi connectivity index (χ4n) is 3.48. The minimum atomic E-state index is -3.78. The topological polar surface area (TPSA) is 90.8 Å². The Hall–Kier alpha value is -2.89. The molecular formula is C16H14F4N6O2. The molecule has 2 atom stereocenters. The van der Waals surface area contributed by atoms with Gasteiger partial charge in [0.15, 0.2) is 23.0 Å². The molecule has 1 aromatic carbocycles. The first-order chi connectivity index (χ1) is 13.3. The van der Waals surface area contributed by atoms with Crippen LogP contribution in [0.25, 0.3) is 16.6 Å². The number of likely N-dealkylation sites (tertiary alicyclic amines) is 1. The van der Waals surface area contributed by atoms with Crippen LogP contribution in [0.1, 0.15) is 5.82 Å². The zero-order valence-electron chi connectivity index (χ0n) is 14.3. The van der Waals surface area contributed by atoms with Crippen LogP contribution in [0.4, 0.5) is 23.5 Å². The van der Waals surface area contributed by atoms with E-state index in [0.717, 1.165) is 0 Å². The van der Waals surface area contributed by atoms with Crippen LogP contribution in [-0.2, 0) is 6.42 Å². The highest BCUT2D eigenvalue weighted by molar-refractivity contribution is 5.97. The van der Waals surface area contributed by atoms with Crippen molar-refractivity contribution in [2.45, 2.75) is 25.1 Å². The van der Waals surface area contributed by atoms with Crippen LogP contribution in [-0.4, -0.2) is 62.8 Å². The van der Waals surface area contributed by atoms with E-state index in [4.69, 9.17) is 5.73 Å². The number of halogens is 4. The molecule has 1 saturated heterocycles. The highest BCUT2D eigenvalue weighted by Crippen LogP contribution is 2.45. The lowest BCUT2D eigenvalue weighted by Gasteiger charge is -2.11. The van der Waals surface area contributed by atoms with E-state index in [1.807, 2.05) is 0 Å². The highest BCUT2D eigenvalue weighted by atomic mass is 19.3. The lowest BCUT2D eigenvalue weighted by atomic mass is 10.2. The van der Waals surface area contributed by atoms with Crippen LogP contribution < -0.4 is 15.2 Å². The molecule has 3 aromatic rings. The van der Waals surface area contributed by atoms with Gasteiger partial charge in [0.25, 0.3) is 0 Å². The van der Waals surface area contributed by atoms with Crippen molar-refractivity contribution in [3.63, 3.8) is 0 Å². The molecule has 8 nitrogen and oxygen atoms in total.